The molecule has 1 amide bonds. The maximum atomic E-state index is 11.6. The molecule has 2 atom stereocenters. The largest absolute Gasteiger partial charge is 0.388 e. The van der Waals surface area contributed by atoms with Crippen molar-refractivity contribution in [3.05, 3.63) is 33.8 Å². The number of nitriles is 1. The van der Waals surface area contributed by atoms with Crippen molar-refractivity contribution in [2.24, 2.45) is 0 Å². The fourth-order valence-corrected chi connectivity index (χ4v) is 2.13. The van der Waals surface area contributed by atoms with Crippen LogP contribution in [0.15, 0.2) is 18.2 Å². The van der Waals surface area contributed by atoms with Gasteiger partial charge in [-0.05, 0) is 30.7 Å². The molecule has 102 valence electrons. The zero-order chi connectivity index (χ0) is 14.4. The van der Waals surface area contributed by atoms with Gasteiger partial charge in [-0.1, -0.05) is 23.2 Å². The standard InChI is InChI=1S/C13H14Cl2N2O2/c1-8(2-3-16)17-13(19)7-12(18)9-4-10(14)6-11(15)5-9/h4-6,8,12,18H,2,7H2,1H3,(H,17,19). The molecule has 0 fully saturated rings. The Bertz CT molecular complexity index is 480. The van der Waals surface area contributed by atoms with E-state index in [1.807, 2.05) is 6.07 Å². The monoisotopic (exact) mass is 300 g/mol. The van der Waals surface area contributed by atoms with Crippen molar-refractivity contribution in [2.45, 2.75) is 31.9 Å². The maximum absolute atomic E-state index is 11.6. The van der Waals surface area contributed by atoms with Gasteiger partial charge in [-0.2, -0.15) is 5.26 Å². The molecule has 0 heterocycles. The van der Waals surface area contributed by atoms with Gasteiger partial charge in [0.15, 0.2) is 0 Å². The molecule has 1 aromatic rings. The van der Waals surface area contributed by atoms with Crippen molar-refractivity contribution >= 4 is 29.1 Å². The Morgan fingerprint density at radius 1 is 1.42 bits per heavy atom. The molecule has 0 aliphatic rings. The van der Waals surface area contributed by atoms with Crippen LogP contribution < -0.4 is 5.32 Å². The predicted octanol–water partition coefficient (Wildman–Crippen LogP) is 2.84. The van der Waals surface area contributed by atoms with Gasteiger partial charge in [-0.15, -0.1) is 0 Å². The third kappa shape index (κ3) is 5.48. The Labute approximate surface area is 121 Å². The van der Waals surface area contributed by atoms with Crippen molar-refractivity contribution in [3.63, 3.8) is 0 Å². The number of carbonyl (C=O) groups excluding carboxylic acids is 1. The molecule has 0 radical (unpaired) electrons. The number of benzene rings is 1. The Hall–Kier alpha value is -1.28. The van der Waals surface area contributed by atoms with E-state index in [-0.39, 0.29) is 24.8 Å². The Morgan fingerprint density at radius 2 is 2.00 bits per heavy atom. The fourth-order valence-electron chi connectivity index (χ4n) is 1.58. The van der Waals surface area contributed by atoms with Gasteiger partial charge in [-0.3, -0.25) is 4.79 Å². The maximum Gasteiger partial charge on any atom is 0.223 e. The van der Waals surface area contributed by atoms with Crippen LogP contribution in [0.4, 0.5) is 0 Å². The molecule has 4 nitrogen and oxygen atoms in total. The highest BCUT2D eigenvalue weighted by Crippen LogP contribution is 2.25. The highest BCUT2D eigenvalue weighted by atomic mass is 35.5. The molecule has 6 heteroatoms. The molecule has 0 aliphatic heterocycles. The van der Waals surface area contributed by atoms with Crippen molar-refractivity contribution < 1.29 is 9.90 Å². The van der Waals surface area contributed by atoms with Gasteiger partial charge in [0.1, 0.15) is 0 Å². The summed E-state index contributed by atoms with van der Waals surface area (Å²) in [5.41, 5.74) is 0.487. The fraction of sp³-hybridized carbons (Fsp3) is 0.385. The van der Waals surface area contributed by atoms with E-state index in [9.17, 15) is 9.90 Å². The second kappa shape index (κ2) is 7.34. The first kappa shape index (κ1) is 15.8. The van der Waals surface area contributed by atoms with E-state index in [0.717, 1.165) is 0 Å². The Balaban J connectivity index is 2.61. The Morgan fingerprint density at radius 3 is 2.53 bits per heavy atom. The molecule has 0 saturated carbocycles. The summed E-state index contributed by atoms with van der Waals surface area (Å²) in [5, 5.41) is 21.9. The summed E-state index contributed by atoms with van der Waals surface area (Å²) >= 11 is 11.6. The highest BCUT2D eigenvalue weighted by Gasteiger charge is 2.15. The second-order valence-electron chi connectivity index (χ2n) is 4.25. The minimum Gasteiger partial charge on any atom is -0.388 e. The van der Waals surface area contributed by atoms with Crippen molar-refractivity contribution in [2.75, 3.05) is 0 Å². The summed E-state index contributed by atoms with van der Waals surface area (Å²) in [4.78, 5) is 11.6. The molecule has 2 N–H and O–H groups in total. The van der Waals surface area contributed by atoms with Crippen LogP contribution in [0, 0.1) is 11.3 Å². The van der Waals surface area contributed by atoms with Crippen LogP contribution in [0.2, 0.25) is 10.0 Å². The van der Waals surface area contributed by atoms with E-state index in [1.165, 1.54) is 0 Å². The minimum absolute atomic E-state index is 0.105. The Kier molecular flexibility index (Phi) is 6.10. The number of aliphatic hydroxyl groups is 1. The summed E-state index contributed by atoms with van der Waals surface area (Å²) in [5.74, 6) is -0.327. The quantitative estimate of drug-likeness (QED) is 0.878. The van der Waals surface area contributed by atoms with Gasteiger partial charge < -0.3 is 10.4 Å². The summed E-state index contributed by atoms with van der Waals surface area (Å²) in [7, 11) is 0. The van der Waals surface area contributed by atoms with Crippen LogP contribution in [0.1, 0.15) is 31.4 Å². The molecule has 0 saturated heterocycles. The number of nitrogens with zero attached hydrogens (tertiary/aromatic N) is 1. The van der Waals surface area contributed by atoms with Crippen LogP contribution in [0.3, 0.4) is 0 Å². The zero-order valence-corrected chi connectivity index (χ0v) is 11.9. The van der Waals surface area contributed by atoms with Crippen LogP contribution in [-0.2, 0) is 4.79 Å². The predicted molar refractivity (Wildman–Crippen MR) is 73.9 cm³/mol. The van der Waals surface area contributed by atoms with Gasteiger partial charge in [0, 0.05) is 16.1 Å². The number of hydrogen-bond acceptors (Lipinski definition) is 3. The van der Waals surface area contributed by atoms with E-state index in [1.54, 1.807) is 25.1 Å². The molecule has 2 unspecified atom stereocenters. The summed E-state index contributed by atoms with van der Waals surface area (Å²) < 4.78 is 0. The first-order valence-corrected chi connectivity index (χ1v) is 6.48. The lowest BCUT2D eigenvalue weighted by Gasteiger charge is -2.14. The van der Waals surface area contributed by atoms with E-state index >= 15 is 0 Å². The number of carbonyl (C=O) groups is 1. The molecule has 0 spiro atoms. The molecule has 0 aliphatic carbocycles. The van der Waals surface area contributed by atoms with Crippen LogP contribution in [0.25, 0.3) is 0 Å². The van der Waals surface area contributed by atoms with Crippen molar-refractivity contribution in [1.82, 2.24) is 5.32 Å². The van der Waals surface area contributed by atoms with E-state index < -0.39 is 6.10 Å². The van der Waals surface area contributed by atoms with Gasteiger partial charge >= 0.3 is 0 Å². The minimum atomic E-state index is -0.981. The molecule has 0 aromatic heterocycles. The third-order valence-electron chi connectivity index (χ3n) is 2.45. The number of rotatable bonds is 5. The van der Waals surface area contributed by atoms with Crippen molar-refractivity contribution in [1.29, 1.82) is 5.26 Å². The molecule has 19 heavy (non-hydrogen) atoms. The molecular weight excluding hydrogens is 287 g/mol. The lowest BCUT2D eigenvalue weighted by molar-refractivity contribution is -0.123. The third-order valence-corrected chi connectivity index (χ3v) is 2.89. The molecule has 0 bridgehead atoms. The summed E-state index contributed by atoms with van der Waals surface area (Å²) in [6.07, 6.45) is -0.859. The lowest BCUT2D eigenvalue weighted by atomic mass is 10.1. The zero-order valence-electron chi connectivity index (χ0n) is 10.4. The molecule has 1 aromatic carbocycles. The van der Waals surface area contributed by atoms with Crippen LogP contribution >= 0.6 is 23.2 Å². The first-order chi connectivity index (χ1) is 8.92. The van der Waals surface area contributed by atoms with E-state index in [0.29, 0.717) is 15.6 Å². The van der Waals surface area contributed by atoms with Gasteiger partial charge in [-0.25, -0.2) is 0 Å². The van der Waals surface area contributed by atoms with Crippen LogP contribution in [-0.4, -0.2) is 17.1 Å². The van der Waals surface area contributed by atoms with Gasteiger partial charge in [0.05, 0.1) is 25.0 Å². The van der Waals surface area contributed by atoms with Crippen molar-refractivity contribution in [3.8, 4) is 6.07 Å². The normalized spacial score (nSPS) is 13.4. The topological polar surface area (TPSA) is 73.1 Å². The van der Waals surface area contributed by atoms with Gasteiger partial charge in [0.25, 0.3) is 0 Å². The molecule has 1 rings (SSSR count). The van der Waals surface area contributed by atoms with Crippen LogP contribution in [0.5, 0.6) is 0 Å². The number of nitrogens with one attached hydrogen (secondary N) is 1. The first-order valence-electron chi connectivity index (χ1n) is 5.72. The average Bonchev–Trinajstić information content (AvgIpc) is 2.27. The smallest absolute Gasteiger partial charge is 0.223 e. The summed E-state index contributed by atoms with van der Waals surface area (Å²) in [6, 6.07) is 6.39. The number of aliphatic hydroxyl groups excluding tert-OH is 1. The SMILES string of the molecule is CC(CC#N)NC(=O)CC(O)c1cc(Cl)cc(Cl)c1. The lowest BCUT2D eigenvalue weighted by Crippen LogP contribution is -2.33. The van der Waals surface area contributed by atoms with E-state index in [2.05, 4.69) is 5.32 Å². The summed E-state index contributed by atoms with van der Waals surface area (Å²) in [6.45, 7) is 1.73. The highest BCUT2D eigenvalue weighted by molar-refractivity contribution is 6.34. The van der Waals surface area contributed by atoms with Gasteiger partial charge in [0.2, 0.25) is 5.91 Å². The number of amides is 1. The van der Waals surface area contributed by atoms with E-state index in [4.69, 9.17) is 28.5 Å². The number of hydrogen-bond donors (Lipinski definition) is 2. The average molecular weight is 301 g/mol. The number of halogens is 2. The molecular formula is C13H14Cl2N2O2. The second-order valence-corrected chi connectivity index (χ2v) is 5.13.